The highest BCUT2D eigenvalue weighted by Crippen LogP contribution is 2.27. The molecule has 0 aromatic carbocycles. The molecule has 130 valence electrons. The first-order valence-electron chi connectivity index (χ1n) is 8.72. The minimum atomic E-state index is 0.245. The summed E-state index contributed by atoms with van der Waals surface area (Å²) in [6.45, 7) is 5.25. The molecule has 2 unspecified atom stereocenters. The summed E-state index contributed by atoms with van der Waals surface area (Å²) in [7, 11) is 0. The van der Waals surface area contributed by atoms with Gasteiger partial charge in [0, 0.05) is 31.1 Å². The van der Waals surface area contributed by atoms with Crippen molar-refractivity contribution in [1.29, 1.82) is 0 Å². The quantitative estimate of drug-likeness (QED) is 0.846. The summed E-state index contributed by atoms with van der Waals surface area (Å²) in [5.41, 5.74) is 5.86. The van der Waals surface area contributed by atoms with Gasteiger partial charge >= 0.3 is 0 Å². The van der Waals surface area contributed by atoms with Crippen LogP contribution in [0.15, 0.2) is 24.5 Å². The summed E-state index contributed by atoms with van der Waals surface area (Å²) in [4.78, 5) is 8.56. The maximum Gasteiger partial charge on any atom is 0.224 e. The fraction of sp³-hybridized carbons (Fsp3) is 0.588. The zero-order valence-electron chi connectivity index (χ0n) is 14.4. The lowest BCUT2D eigenvalue weighted by Crippen LogP contribution is -2.38. The van der Waals surface area contributed by atoms with Gasteiger partial charge in [-0.1, -0.05) is 26.7 Å². The highest BCUT2D eigenvalue weighted by atomic mass is 16.5. The molecule has 0 amide bonds. The second kappa shape index (κ2) is 7.61. The van der Waals surface area contributed by atoms with Crippen molar-refractivity contribution in [2.24, 2.45) is 5.92 Å². The zero-order valence-corrected chi connectivity index (χ0v) is 14.4. The lowest BCUT2D eigenvalue weighted by molar-refractivity contribution is -0.0271. The summed E-state index contributed by atoms with van der Waals surface area (Å²) < 4.78 is 7.67. The molecule has 3 rings (SSSR count). The molecule has 0 aliphatic carbocycles. The molecule has 7 nitrogen and oxygen atoms in total. The van der Waals surface area contributed by atoms with Gasteiger partial charge in [0.1, 0.15) is 5.82 Å². The first-order valence-corrected chi connectivity index (χ1v) is 8.72. The van der Waals surface area contributed by atoms with Crippen LogP contribution >= 0.6 is 0 Å². The average Bonchev–Trinajstić information content (AvgIpc) is 3.10. The van der Waals surface area contributed by atoms with Crippen LogP contribution in [0, 0.1) is 5.92 Å². The molecule has 0 saturated carbocycles. The third-order valence-corrected chi connectivity index (χ3v) is 4.71. The van der Waals surface area contributed by atoms with Crippen LogP contribution in [-0.2, 0) is 4.74 Å². The van der Waals surface area contributed by atoms with Crippen LogP contribution in [0.2, 0.25) is 0 Å². The smallest absolute Gasteiger partial charge is 0.224 e. The molecule has 2 aromatic heterocycles. The first kappa shape index (κ1) is 16.7. The van der Waals surface area contributed by atoms with Crippen molar-refractivity contribution in [3.05, 3.63) is 24.5 Å². The summed E-state index contributed by atoms with van der Waals surface area (Å²) in [6, 6.07) is 4.07. The summed E-state index contributed by atoms with van der Waals surface area (Å²) in [5, 5.41) is 7.70. The van der Waals surface area contributed by atoms with E-state index in [1.165, 1.54) is 0 Å². The highest BCUT2D eigenvalue weighted by Gasteiger charge is 2.27. The molecular formula is C17H26N6O. The largest absolute Gasteiger partial charge is 0.378 e. The van der Waals surface area contributed by atoms with E-state index in [1.54, 1.807) is 10.9 Å². The molecule has 0 bridgehead atoms. The molecular weight excluding hydrogens is 304 g/mol. The van der Waals surface area contributed by atoms with Gasteiger partial charge < -0.3 is 15.8 Å². The van der Waals surface area contributed by atoms with Gasteiger partial charge in [0.25, 0.3) is 0 Å². The monoisotopic (exact) mass is 330 g/mol. The van der Waals surface area contributed by atoms with Crippen LogP contribution in [0.4, 0.5) is 11.8 Å². The van der Waals surface area contributed by atoms with E-state index in [4.69, 9.17) is 10.5 Å². The molecule has 1 saturated heterocycles. The Labute approximate surface area is 142 Å². The Kier molecular flexibility index (Phi) is 5.30. The molecule has 1 aliphatic rings. The lowest BCUT2D eigenvalue weighted by Gasteiger charge is -2.34. The van der Waals surface area contributed by atoms with E-state index in [9.17, 15) is 0 Å². The van der Waals surface area contributed by atoms with Gasteiger partial charge in [-0.2, -0.15) is 15.1 Å². The third-order valence-electron chi connectivity index (χ3n) is 4.71. The van der Waals surface area contributed by atoms with Crippen molar-refractivity contribution < 1.29 is 4.74 Å². The van der Waals surface area contributed by atoms with Crippen molar-refractivity contribution in [1.82, 2.24) is 19.7 Å². The van der Waals surface area contributed by atoms with Gasteiger partial charge in [-0.25, -0.2) is 4.68 Å². The first-order chi connectivity index (χ1) is 11.7. The fourth-order valence-electron chi connectivity index (χ4n) is 3.36. The van der Waals surface area contributed by atoms with Gasteiger partial charge in [0.05, 0.1) is 6.10 Å². The Morgan fingerprint density at radius 3 is 2.92 bits per heavy atom. The van der Waals surface area contributed by atoms with Crippen LogP contribution in [0.1, 0.15) is 39.5 Å². The molecule has 0 spiro atoms. The Morgan fingerprint density at radius 2 is 2.21 bits per heavy atom. The van der Waals surface area contributed by atoms with Crippen LogP contribution in [-0.4, -0.2) is 38.5 Å². The Morgan fingerprint density at radius 1 is 1.38 bits per heavy atom. The highest BCUT2D eigenvalue weighted by molar-refractivity contribution is 5.46. The summed E-state index contributed by atoms with van der Waals surface area (Å²) in [5.74, 6) is 2.26. The number of anilines is 2. The molecule has 0 radical (unpaired) electrons. The minimum absolute atomic E-state index is 0.245. The van der Waals surface area contributed by atoms with Crippen LogP contribution in [0.25, 0.3) is 5.82 Å². The predicted octanol–water partition coefficient (Wildman–Crippen LogP) is 2.64. The number of nitrogen functional groups attached to an aromatic ring is 1. The molecule has 2 aromatic rings. The summed E-state index contributed by atoms with van der Waals surface area (Å²) in [6.07, 6.45) is 8.13. The normalized spacial score (nSPS) is 21.1. The number of nitrogens with two attached hydrogens (primary N) is 1. The van der Waals surface area contributed by atoms with E-state index < -0.39 is 0 Å². The predicted molar refractivity (Wildman–Crippen MR) is 94.0 cm³/mol. The second-order valence-electron chi connectivity index (χ2n) is 6.27. The van der Waals surface area contributed by atoms with Crippen LogP contribution < -0.4 is 11.1 Å². The van der Waals surface area contributed by atoms with Gasteiger partial charge in [-0.3, -0.25) is 0 Å². The van der Waals surface area contributed by atoms with Crippen molar-refractivity contribution in [2.45, 2.75) is 51.7 Å². The van der Waals surface area contributed by atoms with E-state index in [-0.39, 0.29) is 5.95 Å². The van der Waals surface area contributed by atoms with E-state index in [0.717, 1.165) is 38.1 Å². The van der Waals surface area contributed by atoms with Gasteiger partial charge in [-0.05, 0) is 24.8 Å². The van der Waals surface area contributed by atoms with Crippen molar-refractivity contribution in [3.63, 3.8) is 0 Å². The average molecular weight is 330 g/mol. The molecule has 7 heteroatoms. The maximum absolute atomic E-state index is 5.98. The number of aromatic nitrogens is 4. The van der Waals surface area contributed by atoms with Crippen molar-refractivity contribution in [2.75, 3.05) is 17.7 Å². The summed E-state index contributed by atoms with van der Waals surface area (Å²) >= 11 is 0. The molecule has 1 fully saturated rings. The number of ether oxygens (including phenoxy) is 1. The zero-order chi connectivity index (χ0) is 16.9. The molecule has 24 heavy (non-hydrogen) atoms. The topological polar surface area (TPSA) is 90.9 Å². The van der Waals surface area contributed by atoms with Crippen molar-refractivity contribution >= 4 is 11.8 Å². The van der Waals surface area contributed by atoms with Gasteiger partial charge in [0.15, 0.2) is 5.82 Å². The van der Waals surface area contributed by atoms with E-state index in [0.29, 0.717) is 23.9 Å². The van der Waals surface area contributed by atoms with E-state index >= 15 is 0 Å². The number of nitrogens with one attached hydrogen (secondary N) is 1. The standard InChI is InChI=1S/C17H26N6O/c1-3-12(4-2)14-10-13(6-9-24-14)20-15-11-16(22-17(18)21-15)23-8-5-7-19-23/h5,7-8,11-14H,3-4,6,9-10H2,1-2H3,(H3,18,20,21,22). The van der Waals surface area contributed by atoms with Gasteiger partial charge in [0.2, 0.25) is 5.95 Å². The SMILES string of the molecule is CCC(CC)C1CC(Nc2cc(-n3cccn3)nc(N)n2)CCO1. The third kappa shape index (κ3) is 3.84. The van der Waals surface area contributed by atoms with Crippen LogP contribution in [0.3, 0.4) is 0 Å². The molecule has 3 heterocycles. The Balaban J connectivity index is 1.71. The number of rotatable bonds is 6. The Bertz CT molecular complexity index is 641. The van der Waals surface area contributed by atoms with Crippen LogP contribution in [0.5, 0.6) is 0 Å². The molecule has 1 aliphatic heterocycles. The second-order valence-corrected chi connectivity index (χ2v) is 6.27. The lowest BCUT2D eigenvalue weighted by atomic mass is 9.89. The van der Waals surface area contributed by atoms with E-state index in [2.05, 4.69) is 34.2 Å². The molecule has 2 atom stereocenters. The van der Waals surface area contributed by atoms with E-state index in [1.807, 2.05) is 18.3 Å². The van der Waals surface area contributed by atoms with Crippen molar-refractivity contribution in [3.8, 4) is 5.82 Å². The van der Waals surface area contributed by atoms with Gasteiger partial charge in [-0.15, -0.1) is 0 Å². The number of nitrogens with zero attached hydrogens (tertiary/aromatic N) is 4. The number of hydrogen-bond acceptors (Lipinski definition) is 6. The Hall–Kier alpha value is -2.15. The minimum Gasteiger partial charge on any atom is -0.378 e. The number of hydrogen-bond donors (Lipinski definition) is 2. The molecule has 3 N–H and O–H groups in total. The fourth-order valence-corrected chi connectivity index (χ4v) is 3.36. The maximum atomic E-state index is 5.98.